The zero-order chi connectivity index (χ0) is 15.7. The van der Waals surface area contributed by atoms with Crippen molar-refractivity contribution < 1.29 is 4.79 Å². The lowest BCUT2D eigenvalue weighted by molar-refractivity contribution is -0.134. The molecule has 3 unspecified atom stereocenters. The summed E-state index contributed by atoms with van der Waals surface area (Å²) in [7, 11) is 2.03. The molecule has 3 fully saturated rings. The van der Waals surface area contributed by atoms with E-state index in [1.807, 2.05) is 7.05 Å². The number of rotatable bonds is 3. The molecule has 0 radical (unpaired) electrons. The molecule has 2 heterocycles. The van der Waals surface area contributed by atoms with Gasteiger partial charge < -0.3 is 15.1 Å². The number of carbonyl (C=O) groups is 1. The lowest BCUT2D eigenvalue weighted by Crippen LogP contribution is -2.51. The molecule has 3 aliphatic rings. The highest BCUT2D eigenvalue weighted by Gasteiger charge is 2.40. The normalized spacial score (nSPS) is 33.9. The molecule has 0 aromatic carbocycles. The molecular weight excluding hydrogens is 274 g/mol. The van der Waals surface area contributed by atoms with E-state index in [2.05, 4.69) is 29.0 Å². The summed E-state index contributed by atoms with van der Waals surface area (Å²) in [4.78, 5) is 17.4. The lowest BCUT2D eigenvalue weighted by atomic mass is 9.85. The van der Waals surface area contributed by atoms with E-state index < -0.39 is 0 Å². The van der Waals surface area contributed by atoms with Crippen LogP contribution in [0.5, 0.6) is 0 Å². The van der Waals surface area contributed by atoms with Gasteiger partial charge in [0.15, 0.2) is 0 Å². The molecule has 4 nitrogen and oxygen atoms in total. The molecule has 0 bridgehead atoms. The molecule has 1 N–H and O–H groups in total. The quantitative estimate of drug-likeness (QED) is 0.868. The summed E-state index contributed by atoms with van der Waals surface area (Å²) < 4.78 is 0. The number of piperidine rings is 1. The molecule has 0 aromatic rings. The van der Waals surface area contributed by atoms with Crippen molar-refractivity contribution in [3.63, 3.8) is 0 Å². The number of likely N-dealkylation sites (tertiary alicyclic amines) is 1. The highest BCUT2D eigenvalue weighted by molar-refractivity contribution is 5.82. The van der Waals surface area contributed by atoms with Crippen LogP contribution in [0.3, 0.4) is 0 Å². The first kappa shape index (κ1) is 16.3. The average molecular weight is 307 g/mol. The molecule has 4 heteroatoms. The van der Waals surface area contributed by atoms with Crippen molar-refractivity contribution in [2.24, 2.45) is 5.92 Å². The zero-order valence-electron chi connectivity index (χ0n) is 14.6. The molecule has 2 saturated heterocycles. The minimum Gasteiger partial charge on any atom is -0.341 e. The van der Waals surface area contributed by atoms with Gasteiger partial charge in [0.05, 0.1) is 6.04 Å². The van der Waals surface area contributed by atoms with Gasteiger partial charge in [-0.3, -0.25) is 4.79 Å². The predicted molar refractivity (Wildman–Crippen MR) is 89.8 cm³/mol. The SMILES string of the molecule is CC(C)N1CCC(N(C)C(=O)C2CC3CCCCC3N2)CC1. The highest BCUT2D eigenvalue weighted by Crippen LogP contribution is 2.34. The fourth-order valence-electron chi connectivity index (χ4n) is 4.73. The van der Waals surface area contributed by atoms with Crippen molar-refractivity contribution in [1.82, 2.24) is 15.1 Å². The van der Waals surface area contributed by atoms with Crippen LogP contribution in [0, 0.1) is 5.92 Å². The maximum absolute atomic E-state index is 12.9. The van der Waals surface area contributed by atoms with Crippen LogP contribution < -0.4 is 5.32 Å². The van der Waals surface area contributed by atoms with Gasteiger partial charge in [-0.15, -0.1) is 0 Å². The summed E-state index contributed by atoms with van der Waals surface area (Å²) in [5, 5.41) is 3.64. The number of carbonyl (C=O) groups excluding carboxylic acids is 1. The summed E-state index contributed by atoms with van der Waals surface area (Å²) in [6.07, 6.45) is 8.59. The maximum Gasteiger partial charge on any atom is 0.239 e. The summed E-state index contributed by atoms with van der Waals surface area (Å²) in [5.74, 6) is 1.09. The van der Waals surface area contributed by atoms with E-state index in [1.165, 1.54) is 25.7 Å². The molecule has 22 heavy (non-hydrogen) atoms. The van der Waals surface area contributed by atoms with Gasteiger partial charge in [0.1, 0.15) is 0 Å². The summed E-state index contributed by atoms with van der Waals surface area (Å²) in [6.45, 7) is 6.78. The first-order chi connectivity index (χ1) is 10.6. The van der Waals surface area contributed by atoms with Crippen molar-refractivity contribution in [2.45, 2.75) is 83.0 Å². The molecule has 3 rings (SSSR count). The zero-order valence-corrected chi connectivity index (χ0v) is 14.6. The molecule has 1 amide bonds. The second-order valence-electron chi connectivity index (χ2n) is 7.92. The molecule has 0 aromatic heterocycles. The van der Waals surface area contributed by atoms with E-state index in [9.17, 15) is 4.79 Å². The minimum absolute atomic E-state index is 0.0845. The van der Waals surface area contributed by atoms with Crippen molar-refractivity contribution in [1.29, 1.82) is 0 Å². The predicted octanol–water partition coefficient (Wildman–Crippen LogP) is 2.24. The Bertz CT molecular complexity index is 376. The Morgan fingerprint density at radius 3 is 2.45 bits per heavy atom. The van der Waals surface area contributed by atoms with Crippen molar-refractivity contribution in [3.05, 3.63) is 0 Å². The number of amides is 1. The largest absolute Gasteiger partial charge is 0.341 e. The van der Waals surface area contributed by atoms with Gasteiger partial charge >= 0.3 is 0 Å². The monoisotopic (exact) mass is 307 g/mol. The van der Waals surface area contributed by atoms with Crippen LogP contribution in [0.25, 0.3) is 0 Å². The number of likely N-dealkylation sites (N-methyl/N-ethyl adjacent to an activating group) is 1. The van der Waals surface area contributed by atoms with Crippen LogP contribution in [0.4, 0.5) is 0 Å². The summed E-state index contributed by atoms with van der Waals surface area (Å²) >= 11 is 0. The van der Waals surface area contributed by atoms with Gasteiger partial charge in [-0.2, -0.15) is 0 Å². The molecule has 1 aliphatic carbocycles. The number of hydrogen-bond acceptors (Lipinski definition) is 3. The average Bonchev–Trinajstić information content (AvgIpc) is 2.97. The number of nitrogens with zero attached hydrogens (tertiary/aromatic N) is 2. The van der Waals surface area contributed by atoms with Crippen LogP contribution in [0.15, 0.2) is 0 Å². The minimum atomic E-state index is 0.0845. The third kappa shape index (κ3) is 3.33. The van der Waals surface area contributed by atoms with Gasteiger partial charge in [-0.05, 0) is 51.9 Å². The fourth-order valence-corrected chi connectivity index (χ4v) is 4.73. The van der Waals surface area contributed by atoms with Gasteiger partial charge in [0.25, 0.3) is 0 Å². The topological polar surface area (TPSA) is 35.6 Å². The smallest absolute Gasteiger partial charge is 0.239 e. The maximum atomic E-state index is 12.9. The van der Waals surface area contributed by atoms with Crippen molar-refractivity contribution in [3.8, 4) is 0 Å². The Morgan fingerprint density at radius 2 is 1.82 bits per heavy atom. The van der Waals surface area contributed by atoms with E-state index in [0.29, 0.717) is 24.0 Å². The second-order valence-corrected chi connectivity index (χ2v) is 7.92. The molecule has 1 saturated carbocycles. The number of hydrogen-bond donors (Lipinski definition) is 1. The van der Waals surface area contributed by atoms with E-state index in [4.69, 9.17) is 0 Å². The first-order valence-electron chi connectivity index (χ1n) is 9.33. The van der Waals surface area contributed by atoms with Crippen LogP contribution in [-0.2, 0) is 4.79 Å². The third-order valence-corrected chi connectivity index (χ3v) is 6.29. The highest BCUT2D eigenvalue weighted by atomic mass is 16.2. The summed E-state index contributed by atoms with van der Waals surface area (Å²) in [6, 6.07) is 1.76. The molecular formula is C18H33N3O. The van der Waals surface area contributed by atoms with Gasteiger partial charge in [0, 0.05) is 38.3 Å². The van der Waals surface area contributed by atoms with Crippen molar-refractivity contribution >= 4 is 5.91 Å². The number of fused-ring (bicyclic) bond motifs is 1. The van der Waals surface area contributed by atoms with E-state index in [-0.39, 0.29) is 6.04 Å². The van der Waals surface area contributed by atoms with Crippen LogP contribution in [0.2, 0.25) is 0 Å². The Kier molecular flexibility index (Phi) is 5.08. The van der Waals surface area contributed by atoms with Crippen LogP contribution >= 0.6 is 0 Å². The number of nitrogens with one attached hydrogen (secondary N) is 1. The lowest BCUT2D eigenvalue weighted by Gasteiger charge is -2.39. The van der Waals surface area contributed by atoms with E-state index in [1.54, 1.807) is 0 Å². The van der Waals surface area contributed by atoms with Gasteiger partial charge in [-0.1, -0.05) is 12.8 Å². The Labute approximate surface area is 135 Å². The molecule has 3 atom stereocenters. The van der Waals surface area contributed by atoms with E-state index >= 15 is 0 Å². The second kappa shape index (κ2) is 6.88. The Balaban J connectivity index is 1.52. The summed E-state index contributed by atoms with van der Waals surface area (Å²) in [5.41, 5.74) is 0. The molecule has 0 spiro atoms. The van der Waals surface area contributed by atoms with Crippen molar-refractivity contribution in [2.75, 3.05) is 20.1 Å². The van der Waals surface area contributed by atoms with Gasteiger partial charge in [0.2, 0.25) is 5.91 Å². The third-order valence-electron chi connectivity index (χ3n) is 6.29. The molecule has 126 valence electrons. The Morgan fingerprint density at radius 1 is 1.14 bits per heavy atom. The van der Waals surface area contributed by atoms with E-state index in [0.717, 1.165) is 38.3 Å². The Hall–Kier alpha value is -0.610. The van der Waals surface area contributed by atoms with Crippen LogP contribution in [0.1, 0.15) is 58.8 Å². The fraction of sp³-hybridized carbons (Fsp3) is 0.944. The first-order valence-corrected chi connectivity index (χ1v) is 9.33. The standard InChI is InChI=1S/C18H33N3O/c1-13(2)21-10-8-15(9-11-21)20(3)18(22)17-12-14-6-4-5-7-16(14)19-17/h13-17,19H,4-12H2,1-3H3. The van der Waals surface area contributed by atoms with Gasteiger partial charge in [-0.25, -0.2) is 0 Å². The van der Waals surface area contributed by atoms with Crippen LogP contribution in [-0.4, -0.2) is 60.0 Å². The molecule has 2 aliphatic heterocycles.